The van der Waals surface area contributed by atoms with Crippen molar-refractivity contribution >= 4 is 5.91 Å². The fraction of sp³-hybridized carbons (Fsp3) is 0.533. The summed E-state index contributed by atoms with van der Waals surface area (Å²) in [5, 5.41) is 2.87. The van der Waals surface area contributed by atoms with E-state index in [4.69, 9.17) is 4.74 Å². The number of benzene rings is 1. The number of nitrogens with zero attached hydrogens (tertiary/aromatic N) is 1. The zero-order valence-corrected chi connectivity index (χ0v) is 11.6. The fourth-order valence-corrected chi connectivity index (χ4v) is 3.00. The molecule has 1 aromatic rings. The van der Waals surface area contributed by atoms with E-state index in [0.717, 1.165) is 25.2 Å². The van der Waals surface area contributed by atoms with Gasteiger partial charge in [-0.25, -0.2) is 8.78 Å². The maximum atomic E-state index is 13.2. The Bertz CT molecular complexity index is 532. The molecule has 1 N–H and O–H groups in total. The monoisotopic (exact) mass is 296 g/mol. The molecule has 2 fully saturated rings. The topological polar surface area (TPSA) is 41.6 Å². The number of halogens is 2. The van der Waals surface area contributed by atoms with Gasteiger partial charge in [-0.1, -0.05) is 0 Å². The van der Waals surface area contributed by atoms with E-state index in [1.54, 1.807) is 0 Å². The summed E-state index contributed by atoms with van der Waals surface area (Å²) in [4.78, 5) is 14.5. The molecule has 3 rings (SSSR count). The number of carbonyl (C=O) groups excluding carboxylic acids is 1. The predicted molar refractivity (Wildman–Crippen MR) is 73.0 cm³/mol. The summed E-state index contributed by atoms with van der Waals surface area (Å²) in [6, 6.07) is 3.23. The minimum absolute atomic E-state index is 0.108. The third kappa shape index (κ3) is 3.06. The predicted octanol–water partition coefficient (Wildman–Crippen LogP) is 1.56. The smallest absolute Gasteiger partial charge is 0.251 e. The summed E-state index contributed by atoms with van der Waals surface area (Å²) in [7, 11) is 0. The van der Waals surface area contributed by atoms with Crippen molar-refractivity contribution in [2.45, 2.75) is 24.9 Å². The number of likely N-dealkylation sites (tertiary alicyclic amines) is 1. The molecular formula is C15H18F2N2O2. The summed E-state index contributed by atoms with van der Waals surface area (Å²) < 4.78 is 31.6. The second-order valence-electron chi connectivity index (χ2n) is 5.56. The average molecular weight is 296 g/mol. The first-order valence-corrected chi connectivity index (χ1v) is 7.23. The molecular weight excluding hydrogens is 278 g/mol. The van der Waals surface area contributed by atoms with Crippen LogP contribution in [0.3, 0.4) is 0 Å². The molecule has 1 aromatic carbocycles. The number of nitrogens with one attached hydrogen (secondary N) is 1. The maximum Gasteiger partial charge on any atom is 0.251 e. The van der Waals surface area contributed by atoms with Gasteiger partial charge in [-0.05, 0) is 44.1 Å². The SMILES string of the molecule is O=C(N[C@H]1COC[C@@H]1N1CCCC1)c1ccc(F)c(F)c1. The highest BCUT2D eigenvalue weighted by molar-refractivity contribution is 5.94. The molecule has 114 valence electrons. The molecule has 2 saturated heterocycles. The van der Waals surface area contributed by atoms with E-state index in [2.05, 4.69) is 10.2 Å². The Labute approximate surface area is 122 Å². The first-order valence-electron chi connectivity index (χ1n) is 7.23. The van der Waals surface area contributed by atoms with E-state index < -0.39 is 17.5 Å². The summed E-state index contributed by atoms with van der Waals surface area (Å²) in [6.45, 7) is 3.09. The van der Waals surface area contributed by atoms with E-state index >= 15 is 0 Å². The quantitative estimate of drug-likeness (QED) is 0.920. The molecule has 4 nitrogen and oxygen atoms in total. The van der Waals surface area contributed by atoms with Crippen LogP contribution >= 0.6 is 0 Å². The maximum absolute atomic E-state index is 13.2. The minimum atomic E-state index is -1.01. The lowest BCUT2D eigenvalue weighted by atomic mass is 10.1. The van der Waals surface area contributed by atoms with E-state index in [1.807, 2.05) is 0 Å². The number of hydrogen-bond donors (Lipinski definition) is 1. The van der Waals surface area contributed by atoms with Crippen molar-refractivity contribution in [3.63, 3.8) is 0 Å². The van der Waals surface area contributed by atoms with Gasteiger partial charge >= 0.3 is 0 Å². The van der Waals surface area contributed by atoms with Crippen LogP contribution in [0.25, 0.3) is 0 Å². The van der Waals surface area contributed by atoms with Crippen LogP contribution < -0.4 is 5.32 Å². The second kappa shape index (κ2) is 6.07. The molecule has 1 amide bonds. The second-order valence-corrected chi connectivity index (χ2v) is 5.56. The normalized spacial score (nSPS) is 26.2. The van der Waals surface area contributed by atoms with Crippen LogP contribution in [0.15, 0.2) is 18.2 Å². The highest BCUT2D eigenvalue weighted by atomic mass is 19.2. The minimum Gasteiger partial charge on any atom is -0.378 e. The lowest BCUT2D eigenvalue weighted by Crippen LogP contribution is -2.50. The zero-order chi connectivity index (χ0) is 14.8. The van der Waals surface area contributed by atoms with Gasteiger partial charge in [0.1, 0.15) is 0 Å². The summed E-state index contributed by atoms with van der Waals surface area (Å²) in [5.74, 6) is -2.36. The van der Waals surface area contributed by atoms with Gasteiger partial charge in [0.25, 0.3) is 5.91 Å². The van der Waals surface area contributed by atoms with Gasteiger partial charge < -0.3 is 10.1 Å². The molecule has 2 aliphatic rings. The lowest BCUT2D eigenvalue weighted by Gasteiger charge is -2.27. The Morgan fingerprint density at radius 3 is 2.67 bits per heavy atom. The number of carbonyl (C=O) groups is 1. The molecule has 2 aliphatic heterocycles. The van der Waals surface area contributed by atoms with Gasteiger partial charge in [0.15, 0.2) is 11.6 Å². The highest BCUT2D eigenvalue weighted by Gasteiger charge is 2.35. The van der Waals surface area contributed by atoms with Crippen LogP contribution in [0.4, 0.5) is 8.78 Å². The number of rotatable bonds is 3. The number of amides is 1. The highest BCUT2D eigenvalue weighted by Crippen LogP contribution is 2.19. The molecule has 0 radical (unpaired) electrons. The molecule has 0 spiro atoms. The molecule has 2 heterocycles. The zero-order valence-electron chi connectivity index (χ0n) is 11.6. The van der Waals surface area contributed by atoms with Gasteiger partial charge in [-0.3, -0.25) is 9.69 Å². The Hall–Kier alpha value is -1.53. The molecule has 0 saturated carbocycles. The van der Waals surface area contributed by atoms with Crippen molar-refractivity contribution in [1.29, 1.82) is 0 Å². The van der Waals surface area contributed by atoms with E-state index in [-0.39, 0.29) is 17.6 Å². The van der Waals surface area contributed by atoms with Crippen LogP contribution in [0.2, 0.25) is 0 Å². The number of ether oxygens (including phenoxy) is 1. The summed E-state index contributed by atoms with van der Waals surface area (Å²) in [6.07, 6.45) is 2.33. The molecule has 21 heavy (non-hydrogen) atoms. The van der Waals surface area contributed by atoms with Crippen molar-refractivity contribution in [1.82, 2.24) is 10.2 Å². The van der Waals surface area contributed by atoms with E-state index in [0.29, 0.717) is 13.2 Å². The van der Waals surface area contributed by atoms with Gasteiger partial charge in [0, 0.05) is 5.56 Å². The Morgan fingerprint density at radius 1 is 1.19 bits per heavy atom. The molecule has 0 bridgehead atoms. The fourth-order valence-electron chi connectivity index (χ4n) is 3.00. The van der Waals surface area contributed by atoms with Crippen molar-refractivity contribution in [3.05, 3.63) is 35.4 Å². The van der Waals surface area contributed by atoms with Crippen molar-refractivity contribution < 1.29 is 18.3 Å². The van der Waals surface area contributed by atoms with Crippen LogP contribution in [-0.4, -0.2) is 49.2 Å². The molecule has 2 atom stereocenters. The van der Waals surface area contributed by atoms with Gasteiger partial charge in [-0.15, -0.1) is 0 Å². The molecule has 0 aliphatic carbocycles. The molecule has 0 unspecified atom stereocenters. The molecule has 0 aromatic heterocycles. The first kappa shape index (κ1) is 14.4. The van der Waals surface area contributed by atoms with Crippen LogP contribution in [0.5, 0.6) is 0 Å². The third-order valence-electron chi connectivity index (χ3n) is 4.16. The van der Waals surface area contributed by atoms with Crippen molar-refractivity contribution in [3.8, 4) is 0 Å². The summed E-state index contributed by atoms with van der Waals surface area (Å²) in [5.41, 5.74) is 0.126. The Kier molecular flexibility index (Phi) is 4.17. The number of hydrogen-bond acceptors (Lipinski definition) is 3. The lowest BCUT2D eigenvalue weighted by molar-refractivity contribution is 0.0916. The van der Waals surface area contributed by atoms with Crippen LogP contribution in [0, 0.1) is 11.6 Å². The van der Waals surface area contributed by atoms with Crippen LogP contribution in [-0.2, 0) is 4.74 Å². The van der Waals surface area contributed by atoms with Crippen LogP contribution in [0.1, 0.15) is 23.2 Å². The third-order valence-corrected chi connectivity index (χ3v) is 4.16. The van der Waals surface area contributed by atoms with E-state index in [1.165, 1.54) is 18.9 Å². The molecule has 6 heteroatoms. The van der Waals surface area contributed by atoms with Gasteiger partial charge in [0.05, 0.1) is 25.3 Å². The van der Waals surface area contributed by atoms with Gasteiger partial charge in [0.2, 0.25) is 0 Å². The largest absolute Gasteiger partial charge is 0.378 e. The first-order chi connectivity index (χ1) is 10.1. The van der Waals surface area contributed by atoms with E-state index in [9.17, 15) is 13.6 Å². The average Bonchev–Trinajstić information content (AvgIpc) is 3.12. The van der Waals surface area contributed by atoms with Crippen molar-refractivity contribution in [2.24, 2.45) is 0 Å². The Morgan fingerprint density at radius 2 is 1.95 bits per heavy atom. The summed E-state index contributed by atoms with van der Waals surface area (Å²) >= 11 is 0. The van der Waals surface area contributed by atoms with Crippen molar-refractivity contribution in [2.75, 3.05) is 26.3 Å². The standard InChI is InChI=1S/C15H18F2N2O2/c16-11-4-3-10(7-12(11)17)15(20)18-13-8-21-9-14(13)19-5-1-2-6-19/h3-4,7,13-14H,1-2,5-6,8-9H2,(H,18,20)/t13-,14-/m0/s1. The Balaban J connectivity index is 1.67. The van der Waals surface area contributed by atoms with Gasteiger partial charge in [-0.2, -0.15) is 0 Å².